The number of hydrogen-bond acceptors (Lipinski definition) is 5. The number of carbonyl (C=O) groups excluding carboxylic acids is 2. The molecule has 0 radical (unpaired) electrons. The number of urea groups is 1. The minimum atomic E-state index is -0.597. The summed E-state index contributed by atoms with van der Waals surface area (Å²) < 4.78 is 10.6. The number of likely N-dealkylation sites (N-methyl/N-ethyl adjacent to an activating group) is 1. The van der Waals surface area contributed by atoms with Crippen molar-refractivity contribution in [3.8, 4) is 11.5 Å². The van der Waals surface area contributed by atoms with Gasteiger partial charge in [-0.15, -0.1) is 0 Å². The molecule has 3 rings (SSSR count). The van der Waals surface area contributed by atoms with Gasteiger partial charge in [0, 0.05) is 13.1 Å². The van der Waals surface area contributed by atoms with Crippen LogP contribution < -0.4 is 14.8 Å². The number of rotatable bonds is 5. The number of nitrogens with one attached hydrogen (secondary N) is 1. The molecule has 2 heterocycles. The van der Waals surface area contributed by atoms with E-state index in [1.807, 2.05) is 6.92 Å². The summed E-state index contributed by atoms with van der Waals surface area (Å²) in [6.07, 6.45) is 0. The van der Waals surface area contributed by atoms with Gasteiger partial charge in [0.2, 0.25) is 0 Å². The second kappa shape index (κ2) is 6.64. The fraction of sp³-hybridized carbons (Fsp3) is 0.412. The van der Waals surface area contributed by atoms with Gasteiger partial charge in [0.15, 0.2) is 0 Å². The van der Waals surface area contributed by atoms with Gasteiger partial charge in [-0.1, -0.05) is 0 Å². The topological polar surface area (TPSA) is 80.3 Å². The van der Waals surface area contributed by atoms with Crippen LogP contribution in [0.25, 0.3) is 0 Å². The number of nitrogens with zero attached hydrogens (tertiary/aromatic N) is 2. The quantitative estimate of drug-likeness (QED) is 0.872. The van der Waals surface area contributed by atoms with E-state index >= 15 is 0 Å². The van der Waals surface area contributed by atoms with Crippen molar-refractivity contribution >= 4 is 11.9 Å². The summed E-state index contributed by atoms with van der Waals surface area (Å²) in [7, 11) is 4.73. The second-order valence-electron chi connectivity index (χ2n) is 5.71. The Balaban J connectivity index is 2.06. The Labute approximate surface area is 145 Å². The van der Waals surface area contributed by atoms with E-state index in [9.17, 15) is 9.59 Å². The SMILES string of the molecule is CCON1CC2=C(C1=O)C(c1cc(OC)cc(OC)c1)NC(=O)N2C. The largest absolute Gasteiger partial charge is 0.497 e. The van der Waals surface area contributed by atoms with Crippen LogP contribution in [0.5, 0.6) is 11.5 Å². The monoisotopic (exact) mass is 347 g/mol. The smallest absolute Gasteiger partial charge is 0.322 e. The van der Waals surface area contributed by atoms with Crippen molar-refractivity contribution in [2.24, 2.45) is 0 Å². The van der Waals surface area contributed by atoms with Crippen LogP contribution in [0.2, 0.25) is 0 Å². The lowest BCUT2D eigenvalue weighted by atomic mass is 9.95. The average Bonchev–Trinajstić information content (AvgIpc) is 2.95. The molecule has 2 aliphatic heterocycles. The van der Waals surface area contributed by atoms with Gasteiger partial charge in [0.05, 0.1) is 44.7 Å². The Kier molecular flexibility index (Phi) is 4.54. The first-order valence-corrected chi connectivity index (χ1v) is 7.95. The fourth-order valence-electron chi connectivity index (χ4n) is 3.05. The molecule has 1 aromatic rings. The van der Waals surface area contributed by atoms with Gasteiger partial charge in [0.25, 0.3) is 5.91 Å². The van der Waals surface area contributed by atoms with Crippen molar-refractivity contribution in [1.29, 1.82) is 0 Å². The Hall–Kier alpha value is -2.74. The zero-order chi connectivity index (χ0) is 18.1. The molecule has 0 fully saturated rings. The summed E-state index contributed by atoms with van der Waals surface area (Å²) in [6, 6.07) is 4.41. The molecule has 134 valence electrons. The molecule has 0 bridgehead atoms. The van der Waals surface area contributed by atoms with Crippen LogP contribution in [0.15, 0.2) is 29.5 Å². The zero-order valence-electron chi connectivity index (χ0n) is 14.7. The molecule has 1 aromatic carbocycles. The van der Waals surface area contributed by atoms with Crippen LogP contribution in [0.1, 0.15) is 18.5 Å². The van der Waals surface area contributed by atoms with Gasteiger partial charge in [-0.2, -0.15) is 0 Å². The summed E-state index contributed by atoms with van der Waals surface area (Å²) >= 11 is 0. The molecule has 25 heavy (non-hydrogen) atoms. The third-order valence-corrected chi connectivity index (χ3v) is 4.32. The number of hydroxylamine groups is 2. The highest BCUT2D eigenvalue weighted by Crippen LogP contribution is 2.38. The minimum Gasteiger partial charge on any atom is -0.497 e. The molecule has 1 atom stereocenters. The number of methoxy groups -OCH3 is 2. The van der Waals surface area contributed by atoms with E-state index in [0.29, 0.717) is 34.9 Å². The Morgan fingerprint density at radius 2 is 1.80 bits per heavy atom. The van der Waals surface area contributed by atoms with E-state index in [4.69, 9.17) is 14.3 Å². The lowest BCUT2D eigenvalue weighted by Gasteiger charge is -2.31. The van der Waals surface area contributed by atoms with Crippen molar-refractivity contribution in [2.45, 2.75) is 13.0 Å². The van der Waals surface area contributed by atoms with Crippen molar-refractivity contribution in [1.82, 2.24) is 15.3 Å². The number of benzene rings is 1. The van der Waals surface area contributed by atoms with Crippen LogP contribution in [-0.4, -0.2) is 56.3 Å². The summed E-state index contributed by atoms with van der Waals surface area (Å²) in [5.41, 5.74) is 1.83. The highest BCUT2D eigenvalue weighted by atomic mass is 16.7. The molecular formula is C17H21N3O5. The molecule has 1 unspecified atom stereocenters. The zero-order valence-corrected chi connectivity index (χ0v) is 14.7. The lowest BCUT2D eigenvalue weighted by Crippen LogP contribution is -2.45. The first-order chi connectivity index (χ1) is 12.0. The summed E-state index contributed by atoms with van der Waals surface area (Å²) in [5.74, 6) is 0.907. The Morgan fingerprint density at radius 1 is 1.16 bits per heavy atom. The standard InChI is InChI=1S/C17H21N3O5/c1-5-25-20-9-13-14(16(20)21)15(18-17(22)19(13)2)10-6-11(23-3)8-12(7-10)24-4/h6-8,15H,5,9H2,1-4H3,(H,18,22). The maximum absolute atomic E-state index is 12.8. The van der Waals surface area contributed by atoms with Gasteiger partial charge in [0.1, 0.15) is 11.5 Å². The highest BCUT2D eigenvalue weighted by molar-refractivity contribution is 6.00. The lowest BCUT2D eigenvalue weighted by molar-refractivity contribution is -0.174. The van der Waals surface area contributed by atoms with Crippen LogP contribution in [-0.2, 0) is 9.63 Å². The van der Waals surface area contributed by atoms with E-state index in [1.165, 1.54) is 9.96 Å². The van der Waals surface area contributed by atoms with Crippen molar-refractivity contribution < 1.29 is 23.9 Å². The predicted molar refractivity (Wildman–Crippen MR) is 88.9 cm³/mol. The normalized spacial score (nSPS) is 19.9. The summed E-state index contributed by atoms with van der Waals surface area (Å²) in [5, 5.41) is 4.15. The average molecular weight is 347 g/mol. The number of ether oxygens (including phenoxy) is 2. The predicted octanol–water partition coefficient (Wildman–Crippen LogP) is 1.45. The van der Waals surface area contributed by atoms with E-state index in [0.717, 1.165) is 0 Å². The van der Waals surface area contributed by atoms with E-state index < -0.39 is 6.04 Å². The molecule has 0 saturated carbocycles. The van der Waals surface area contributed by atoms with E-state index in [1.54, 1.807) is 39.5 Å². The number of carbonyl (C=O) groups is 2. The molecular weight excluding hydrogens is 326 g/mol. The van der Waals surface area contributed by atoms with E-state index in [2.05, 4.69) is 5.32 Å². The van der Waals surface area contributed by atoms with Crippen molar-refractivity contribution in [2.75, 3.05) is 34.4 Å². The molecule has 0 aliphatic carbocycles. The molecule has 8 heteroatoms. The summed E-state index contributed by atoms with van der Waals surface area (Å²) in [4.78, 5) is 32.0. The Bertz CT molecular complexity index is 724. The molecule has 1 N–H and O–H groups in total. The third kappa shape index (κ3) is 2.89. The van der Waals surface area contributed by atoms with Crippen LogP contribution in [0.4, 0.5) is 4.79 Å². The van der Waals surface area contributed by atoms with Crippen LogP contribution in [0, 0.1) is 0 Å². The molecule has 0 saturated heterocycles. The first-order valence-electron chi connectivity index (χ1n) is 7.95. The van der Waals surface area contributed by atoms with Gasteiger partial charge >= 0.3 is 6.03 Å². The van der Waals surface area contributed by atoms with E-state index in [-0.39, 0.29) is 18.5 Å². The van der Waals surface area contributed by atoms with Crippen molar-refractivity contribution in [3.05, 3.63) is 35.0 Å². The second-order valence-corrected chi connectivity index (χ2v) is 5.71. The van der Waals surface area contributed by atoms with Crippen LogP contribution in [0.3, 0.4) is 0 Å². The number of amides is 3. The molecule has 8 nitrogen and oxygen atoms in total. The molecule has 2 aliphatic rings. The van der Waals surface area contributed by atoms with Gasteiger partial charge < -0.3 is 14.8 Å². The van der Waals surface area contributed by atoms with Gasteiger partial charge in [-0.05, 0) is 24.6 Å². The third-order valence-electron chi connectivity index (χ3n) is 4.32. The minimum absolute atomic E-state index is 0.240. The Morgan fingerprint density at radius 3 is 2.36 bits per heavy atom. The summed E-state index contributed by atoms with van der Waals surface area (Å²) in [6.45, 7) is 2.42. The van der Waals surface area contributed by atoms with Crippen LogP contribution >= 0.6 is 0 Å². The van der Waals surface area contributed by atoms with Crippen molar-refractivity contribution in [3.63, 3.8) is 0 Å². The number of hydrogen-bond donors (Lipinski definition) is 1. The highest BCUT2D eigenvalue weighted by Gasteiger charge is 2.43. The first kappa shape index (κ1) is 17.1. The fourth-order valence-corrected chi connectivity index (χ4v) is 3.05. The maximum atomic E-state index is 12.8. The molecule has 0 aromatic heterocycles. The maximum Gasteiger partial charge on any atom is 0.322 e. The van der Waals surface area contributed by atoms with Gasteiger partial charge in [-0.25, -0.2) is 9.86 Å². The molecule has 0 spiro atoms. The molecule has 3 amide bonds. The van der Waals surface area contributed by atoms with Gasteiger partial charge in [-0.3, -0.25) is 14.5 Å².